The summed E-state index contributed by atoms with van der Waals surface area (Å²) in [5.74, 6) is -1.19. The highest BCUT2D eigenvalue weighted by Gasteiger charge is 2.31. The minimum absolute atomic E-state index is 0.0755. The van der Waals surface area contributed by atoms with Crippen molar-refractivity contribution in [1.82, 2.24) is 4.98 Å². The van der Waals surface area contributed by atoms with Gasteiger partial charge >= 0.3 is 12.1 Å². The Morgan fingerprint density at radius 3 is 2.58 bits per heavy atom. The van der Waals surface area contributed by atoms with Gasteiger partial charge in [-0.2, -0.15) is 13.2 Å². The molecule has 1 N–H and O–H groups in total. The van der Waals surface area contributed by atoms with E-state index < -0.39 is 23.8 Å². The van der Waals surface area contributed by atoms with Gasteiger partial charge in [0.05, 0.1) is 5.56 Å². The minimum Gasteiger partial charge on any atom is -0.478 e. The van der Waals surface area contributed by atoms with Gasteiger partial charge in [0, 0.05) is 23.5 Å². The van der Waals surface area contributed by atoms with Crippen LogP contribution >= 0.6 is 0 Å². The predicted octanol–water partition coefficient (Wildman–Crippen LogP) is 4.12. The Morgan fingerprint density at radius 1 is 1.27 bits per heavy atom. The van der Waals surface area contributed by atoms with Crippen molar-refractivity contribution in [2.45, 2.75) is 32.0 Å². The van der Waals surface area contributed by atoms with Crippen molar-refractivity contribution in [3.63, 3.8) is 0 Å². The lowest BCUT2D eigenvalue weighted by Crippen LogP contribution is -2.22. The van der Waals surface area contributed by atoms with E-state index >= 15 is 0 Å². The van der Waals surface area contributed by atoms with Crippen LogP contribution in [0.5, 0.6) is 0 Å². The summed E-state index contributed by atoms with van der Waals surface area (Å²) in [5, 5.41) is 13.0. The number of benzene rings is 1. The zero-order valence-corrected chi connectivity index (χ0v) is 13.9. The lowest BCUT2D eigenvalue weighted by Gasteiger charge is -2.13. The second kappa shape index (κ2) is 8.46. The highest BCUT2D eigenvalue weighted by molar-refractivity contribution is 6.12. The molecule has 2 aromatic rings. The molecule has 5 nitrogen and oxygen atoms in total. The van der Waals surface area contributed by atoms with E-state index in [0.717, 1.165) is 12.1 Å². The largest absolute Gasteiger partial charge is 0.478 e. The van der Waals surface area contributed by atoms with E-state index in [-0.39, 0.29) is 17.7 Å². The first-order chi connectivity index (χ1) is 12.3. The summed E-state index contributed by atoms with van der Waals surface area (Å²) in [6.07, 6.45) is -2.00. The standard InChI is InChI=1S/C18H17F3N2O3/c1-2-5-15(17(24)25)26-23-16(13-7-4-9-22-11-13)12-6-3-8-14(10-12)18(19,20)21/h3-4,6-11,15H,2,5H2,1H3,(H,24,25). The molecule has 0 saturated carbocycles. The summed E-state index contributed by atoms with van der Waals surface area (Å²) in [6, 6.07) is 7.78. The van der Waals surface area contributed by atoms with Crippen LogP contribution in [0.25, 0.3) is 0 Å². The summed E-state index contributed by atoms with van der Waals surface area (Å²) in [7, 11) is 0. The number of nitrogens with zero attached hydrogens (tertiary/aromatic N) is 2. The average molecular weight is 366 g/mol. The van der Waals surface area contributed by atoms with Crippen LogP contribution in [0.2, 0.25) is 0 Å². The number of hydrogen-bond donors (Lipinski definition) is 1. The minimum atomic E-state index is -4.51. The van der Waals surface area contributed by atoms with E-state index in [9.17, 15) is 18.0 Å². The van der Waals surface area contributed by atoms with E-state index in [1.807, 2.05) is 0 Å². The van der Waals surface area contributed by atoms with Crippen LogP contribution in [-0.4, -0.2) is 27.9 Å². The Kier molecular flexibility index (Phi) is 6.32. The van der Waals surface area contributed by atoms with Gasteiger partial charge in [-0.05, 0) is 30.7 Å². The molecule has 1 unspecified atom stereocenters. The van der Waals surface area contributed by atoms with E-state index in [4.69, 9.17) is 9.94 Å². The molecule has 1 heterocycles. The molecule has 0 aliphatic rings. The fourth-order valence-corrected chi connectivity index (χ4v) is 2.22. The van der Waals surface area contributed by atoms with Gasteiger partial charge in [0.15, 0.2) is 0 Å². The predicted molar refractivity (Wildman–Crippen MR) is 88.7 cm³/mol. The molecule has 0 bridgehead atoms. The molecule has 26 heavy (non-hydrogen) atoms. The van der Waals surface area contributed by atoms with Crippen molar-refractivity contribution in [3.05, 3.63) is 65.5 Å². The zero-order chi connectivity index (χ0) is 19.2. The lowest BCUT2D eigenvalue weighted by molar-refractivity contribution is -0.150. The number of carbonyl (C=O) groups is 1. The number of pyridine rings is 1. The van der Waals surface area contributed by atoms with Gasteiger partial charge in [-0.3, -0.25) is 4.98 Å². The number of carboxylic acids is 1. The van der Waals surface area contributed by atoms with E-state index in [1.54, 1.807) is 19.1 Å². The van der Waals surface area contributed by atoms with E-state index in [1.165, 1.54) is 24.5 Å². The molecule has 0 fully saturated rings. The number of hydrogen-bond acceptors (Lipinski definition) is 4. The van der Waals surface area contributed by atoms with Crippen LogP contribution in [0, 0.1) is 0 Å². The van der Waals surface area contributed by atoms with Crippen LogP contribution in [-0.2, 0) is 15.8 Å². The van der Waals surface area contributed by atoms with Gasteiger partial charge in [0.25, 0.3) is 0 Å². The van der Waals surface area contributed by atoms with E-state index in [0.29, 0.717) is 12.0 Å². The van der Waals surface area contributed by atoms with Gasteiger partial charge in [-0.25, -0.2) is 4.79 Å². The summed E-state index contributed by atoms with van der Waals surface area (Å²) in [6.45, 7) is 1.79. The Bertz CT molecular complexity index is 777. The van der Waals surface area contributed by atoms with Crippen molar-refractivity contribution in [2.24, 2.45) is 5.16 Å². The van der Waals surface area contributed by atoms with Crippen molar-refractivity contribution in [1.29, 1.82) is 0 Å². The number of rotatable bonds is 7. The fraction of sp³-hybridized carbons (Fsp3) is 0.278. The summed E-state index contributed by atoms with van der Waals surface area (Å²) in [4.78, 5) is 20.3. The third kappa shape index (κ3) is 5.05. The zero-order valence-electron chi connectivity index (χ0n) is 13.9. The molecule has 0 aliphatic carbocycles. The first kappa shape index (κ1) is 19.4. The highest BCUT2D eigenvalue weighted by atomic mass is 19.4. The molecule has 2 rings (SSSR count). The molecular weight excluding hydrogens is 349 g/mol. The van der Waals surface area contributed by atoms with E-state index in [2.05, 4.69) is 10.1 Å². The molecule has 0 radical (unpaired) electrons. The Morgan fingerprint density at radius 2 is 2.00 bits per heavy atom. The van der Waals surface area contributed by atoms with Crippen molar-refractivity contribution in [2.75, 3.05) is 0 Å². The molecule has 1 aromatic carbocycles. The topological polar surface area (TPSA) is 71.8 Å². The Labute approximate surface area is 148 Å². The quantitative estimate of drug-likeness (QED) is 0.591. The van der Waals surface area contributed by atoms with Crippen LogP contribution in [0.4, 0.5) is 13.2 Å². The molecule has 0 spiro atoms. The smallest absolute Gasteiger partial charge is 0.416 e. The summed E-state index contributed by atoms with van der Waals surface area (Å²) < 4.78 is 39.0. The second-order valence-corrected chi connectivity index (χ2v) is 5.48. The van der Waals surface area contributed by atoms with Gasteiger partial charge in [0.1, 0.15) is 5.71 Å². The monoisotopic (exact) mass is 366 g/mol. The number of alkyl halides is 3. The summed E-state index contributed by atoms with van der Waals surface area (Å²) in [5.41, 5.74) is -0.206. The van der Waals surface area contributed by atoms with Crippen LogP contribution in [0.1, 0.15) is 36.5 Å². The maximum absolute atomic E-state index is 13.0. The molecular formula is C18H17F3N2O3. The average Bonchev–Trinajstić information content (AvgIpc) is 2.61. The van der Waals surface area contributed by atoms with Gasteiger partial charge in [-0.1, -0.05) is 30.6 Å². The Hall–Kier alpha value is -2.90. The maximum atomic E-state index is 13.0. The van der Waals surface area contributed by atoms with Gasteiger partial charge in [0.2, 0.25) is 6.10 Å². The number of aromatic nitrogens is 1. The van der Waals surface area contributed by atoms with Crippen molar-refractivity contribution in [3.8, 4) is 0 Å². The number of carboxylic acid groups (broad SMARTS) is 1. The van der Waals surface area contributed by atoms with Crippen molar-refractivity contribution < 1.29 is 27.9 Å². The third-order valence-electron chi connectivity index (χ3n) is 3.50. The SMILES string of the molecule is CCCC(ON=C(c1cccnc1)c1cccc(C(F)(F)F)c1)C(=O)O. The maximum Gasteiger partial charge on any atom is 0.416 e. The molecule has 1 atom stereocenters. The third-order valence-corrected chi connectivity index (χ3v) is 3.50. The first-order valence-corrected chi connectivity index (χ1v) is 7.87. The number of oxime groups is 1. The van der Waals surface area contributed by atoms with Gasteiger partial charge < -0.3 is 9.94 Å². The fourth-order valence-electron chi connectivity index (χ4n) is 2.22. The Balaban J connectivity index is 2.46. The van der Waals surface area contributed by atoms with Crippen LogP contribution in [0.3, 0.4) is 0 Å². The summed E-state index contributed by atoms with van der Waals surface area (Å²) >= 11 is 0. The van der Waals surface area contributed by atoms with Crippen LogP contribution in [0.15, 0.2) is 53.9 Å². The molecule has 138 valence electrons. The number of halogens is 3. The van der Waals surface area contributed by atoms with Crippen LogP contribution < -0.4 is 0 Å². The first-order valence-electron chi connectivity index (χ1n) is 7.87. The normalized spacial score (nSPS) is 13.3. The van der Waals surface area contributed by atoms with Crippen molar-refractivity contribution >= 4 is 11.7 Å². The molecule has 1 aromatic heterocycles. The van der Waals surface area contributed by atoms with Gasteiger partial charge in [-0.15, -0.1) is 0 Å². The molecule has 8 heteroatoms. The molecule has 0 amide bonds. The highest BCUT2D eigenvalue weighted by Crippen LogP contribution is 2.30. The lowest BCUT2D eigenvalue weighted by atomic mass is 10.0. The molecule has 0 saturated heterocycles. The number of aliphatic carboxylic acids is 1. The second-order valence-electron chi connectivity index (χ2n) is 5.48. The molecule has 0 aliphatic heterocycles.